The van der Waals surface area contributed by atoms with Crippen LogP contribution < -0.4 is 0 Å². The van der Waals surface area contributed by atoms with E-state index in [2.05, 4.69) is 20.8 Å². The van der Waals surface area contributed by atoms with Crippen molar-refractivity contribution in [3.8, 4) is 5.75 Å². The Labute approximate surface area is 108 Å². The minimum absolute atomic E-state index is 0.186. The molecule has 0 heterocycles. The molecule has 2 N–H and O–H groups in total. The van der Waals surface area contributed by atoms with Crippen molar-refractivity contribution >= 4 is 5.57 Å². The fraction of sp³-hybridized carbons (Fsp3) is 0.375. The number of aryl methyl sites for hydroxylation is 1. The maximum atomic E-state index is 9.78. The Morgan fingerprint density at radius 2 is 1.78 bits per heavy atom. The smallest absolute Gasteiger partial charge is 0.115 e. The third-order valence-electron chi connectivity index (χ3n) is 3.52. The van der Waals surface area contributed by atoms with Crippen LogP contribution in [0.3, 0.4) is 0 Å². The molecule has 0 saturated heterocycles. The number of aliphatic hydroxyl groups is 1. The number of phenolic OH excluding ortho intramolecular Hbond substituents is 1. The van der Waals surface area contributed by atoms with Crippen molar-refractivity contribution in [1.29, 1.82) is 0 Å². The third-order valence-corrected chi connectivity index (χ3v) is 3.52. The van der Waals surface area contributed by atoms with Gasteiger partial charge in [0.25, 0.3) is 0 Å². The zero-order chi connectivity index (χ0) is 13.5. The maximum Gasteiger partial charge on any atom is 0.115 e. The van der Waals surface area contributed by atoms with Gasteiger partial charge in [-0.2, -0.15) is 0 Å². The zero-order valence-corrected chi connectivity index (χ0v) is 11.4. The maximum absolute atomic E-state index is 9.78. The Kier molecular flexibility index (Phi) is 2.97. The Bertz CT molecular complexity index is 548. The first-order valence-electron chi connectivity index (χ1n) is 6.22. The SMILES string of the molecule is CC1=C(c2ccc(O)cc2C)C(C)(C)C=C(O)C1. The van der Waals surface area contributed by atoms with Crippen molar-refractivity contribution in [3.05, 3.63) is 46.7 Å². The summed E-state index contributed by atoms with van der Waals surface area (Å²) in [6.45, 7) is 8.28. The molecule has 18 heavy (non-hydrogen) atoms. The van der Waals surface area contributed by atoms with Crippen molar-refractivity contribution in [2.75, 3.05) is 0 Å². The second kappa shape index (κ2) is 4.20. The highest BCUT2D eigenvalue weighted by atomic mass is 16.3. The van der Waals surface area contributed by atoms with E-state index in [1.807, 2.05) is 19.1 Å². The lowest BCUT2D eigenvalue weighted by atomic mass is 9.73. The number of hydrogen-bond donors (Lipinski definition) is 2. The summed E-state index contributed by atoms with van der Waals surface area (Å²) in [7, 11) is 0. The number of hydrogen-bond acceptors (Lipinski definition) is 2. The van der Waals surface area contributed by atoms with Gasteiger partial charge in [-0.1, -0.05) is 25.5 Å². The first-order chi connectivity index (χ1) is 8.31. The average Bonchev–Trinajstić information content (AvgIpc) is 2.18. The Balaban J connectivity index is 2.59. The van der Waals surface area contributed by atoms with E-state index in [1.165, 1.54) is 11.1 Å². The van der Waals surface area contributed by atoms with Crippen LogP contribution >= 0.6 is 0 Å². The molecular weight excluding hydrogens is 224 g/mol. The van der Waals surface area contributed by atoms with Gasteiger partial charge in [0.15, 0.2) is 0 Å². The molecule has 2 heteroatoms. The minimum atomic E-state index is -0.186. The molecular formula is C16H20O2. The van der Waals surface area contributed by atoms with E-state index >= 15 is 0 Å². The predicted octanol–water partition coefficient (Wildman–Crippen LogP) is 4.35. The molecule has 1 aromatic carbocycles. The average molecular weight is 244 g/mol. The fourth-order valence-corrected chi connectivity index (χ4v) is 2.96. The van der Waals surface area contributed by atoms with Crippen LogP contribution in [0.15, 0.2) is 35.6 Å². The lowest BCUT2D eigenvalue weighted by Gasteiger charge is -2.32. The number of benzene rings is 1. The summed E-state index contributed by atoms with van der Waals surface area (Å²) in [6, 6.07) is 5.46. The topological polar surface area (TPSA) is 40.5 Å². The molecule has 0 bridgehead atoms. The minimum Gasteiger partial charge on any atom is -0.512 e. The van der Waals surface area contributed by atoms with E-state index in [0.717, 1.165) is 11.1 Å². The number of aromatic hydroxyl groups is 1. The Morgan fingerprint density at radius 1 is 1.11 bits per heavy atom. The second-order valence-electron chi connectivity index (χ2n) is 5.69. The molecule has 0 atom stereocenters. The number of phenols is 1. The lowest BCUT2D eigenvalue weighted by molar-refractivity contribution is 0.379. The lowest BCUT2D eigenvalue weighted by Crippen LogP contribution is -2.18. The van der Waals surface area contributed by atoms with Gasteiger partial charge in [-0.3, -0.25) is 0 Å². The van der Waals surface area contributed by atoms with Crippen molar-refractivity contribution < 1.29 is 10.2 Å². The normalized spacial score (nSPS) is 18.8. The van der Waals surface area contributed by atoms with Crippen LogP contribution in [-0.2, 0) is 0 Å². The molecule has 1 aliphatic rings. The van der Waals surface area contributed by atoms with Crippen molar-refractivity contribution in [2.24, 2.45) is 5.41 Å². The molecule has 1 aromatic rings. The highest BCUT2D eigenvalue weighted by Crippen LogP contribution is 2.44. The Hall–Kier alpha value is -1.70. The van der Waals surface area contributed by atoms with Gasteiger partial charge in [0.05, 0.1) is 5.76 Å². The van der Waals surface area contributed by atoms with Crippen LogP contribution in [0, 0.1) is 12.3 Å². The summed E-state index contributed by atoms with van der Waals surface area (Å²) in [5.74, 6) is 0.735. The van der Waals surface area contributed by atoms with Crippen molar-refractivity contribution in [3.63, 3.8) is 0 Å². The van der Waals surface area contributed by atoms with Crippen LogP contribution in [-0.4, -0.2) is 10.2 Å². The van der Waals surface area contributed by atoms with Gasteiger partial charge in [0.2, 0.25) is 0 Å². The summed E-state index contributed by atoms with van der Waals surface area (Å²) in [5.41, 5.74) is 4.46. The van der Waals surface area contributed by atoms with Gasteiger partial charge in [-0.15, -0.1) is 0 Å². The highest BCUT2D eigenvalue weighted by Gasteiger charge is 2.29. The third kappa shape index (κ3) is 2.15. The van der Waals surface area contributed by atoms with E-state index in [9.17, 15) is 10.2 Å². The highest BCUT2D eigenvalue weighted by molar-refractivity contribution is 5.77. The molecule has 0 fully saturated rings. The first kappa shape index (κ1) is 12.7. The van der Waals surface area contributed by atoms with E-state index in [-0.39, 0.29) is 5.41 Å². The summed E-state index contributed by atoms with van der Waals surface area (Å²) >= 11 is 0. The van der Waals surface area contributed by atoms with Crippen LogP contribution in [0.5, 0.6) is 5.75 Å². The van der Waals surface area contributed by atoms with Crippen molar-refractivity contribution in [1.82, 2.24) is 0 Å². The standard InChI is InChI=1S/C16H20O2/c1-10-7-12(17)5-6-14(10)15-11(2)8-13(18)9-16(15,3)4/h5-7,9,17-18H,8H2,1-4H3. The van der Waals surface area contributed by atoms with E-state index in [1.54, 1.807) is 12.1 Å². The quantitative estimate of drug-likeness (QED) is 0.771. The van der Waals surface area contributed by atoms with Crippen LogP contribution in [0.25, 0.3) is 5.57 Å². The molecule has 0 saturated carbocycles. The van der Waals surface area contributed by atoms with Crippen LogP contribution in [0.1, 0.15) is 38.3 Å². The molecule has 0 aliphatic heterocycles. The summed E-state index contributed by atoms with van der Waals surface area (Å²) in [4.78, 5) is 0. The number of rotatable bonds is 1. The summed E-state index contributed by atoms with van der Waals surface area (Å²) < 4.78 is 0. The number of aliphatic hydroxyl groups excluding tert-OH is 1. The van der Waals surface area contributed by atoms with E-state index < -0.39 is 0 Å². The molecule has 0 aromatic heterocycles. The van der Waals surface area contributed by atoms with Crippen LogP contribution in [0.2, 0.25) is 0 Å². The largest absolute Gasteiger partial charge is 0.512 e. The van der Waals surface area contributed by atoms with Gasteiger partial charge in [0.1, 0.15) is 5.75 Å². The van der Waals surface area contributed by atoms with Gasteiger partial charge >= 0.3 is 0 Å². The molecule has 2 nitrogen and oxygen atoms in total. The monoisotopic (exact) mass is 244 g/mol. The summed E-state index contributed by atoms with van der Waals surface area (Å²) in [5, 5.41) is 19.3. The predicted molar refractivity (Wildman–Crippen MR) is 74.5 cm³/mol. The molecule has 0 radical (unpaired) electrons. The van der Waals surface area contributed by atoms with Crippen LogP contribution in [0.4, 0.5) is 0 Å². The summed E-state index contributed by atoms with van der Waals surface area (Å²) in [6.07, 6.45) is 2.53. The molecule has 0 unspecified atom stereocenters. The van der Waals surface area contributed by atoms with Gasteiger partial charge in [0, 0.05) is 11.8 Å². The molecule has 0 amide bonds. The van der Waals surface area contributed by atoms with Gasteiger partial charge < -0.3 is 10.2 Å². The van der Waals surface area contributed by atoms with E-state index in [4.69, 9.17) is 0 Å². The fourth-order valence-electron chi connectivity index (χ4n) is 2.96. The zero-order valence-electron chi connectivity index (χ0n) is 11.4. The number of allylic oxidation sites excluding steroid dienone is 3. The van der Waals surface area contributed by atoms with Gasteiger partial charge in [-0.25, -0.2) is 0 Å². The van der Waals surface area contributed by atoms with Crippen molar-refractivity contribution in [2.45, 2.75) is 34.1 Å². The molecule has 96 valence electrons. The van der Waals surface area contributed by atoms with E-state index in [0.29, 0.717) is 17.9 Å². The molecule has 0 spiro atoms. The first-order valence-corrected chi connectivity index (χ1v) is 6.22. The second-order valence-corrected chi connectivity index (χ2v) is 5.69. The molecule has 2 rings (SSSR count). The molecule has 1 aliphatic carbocycles. The van der Waals surface area contributed by atoms with Gasteiger partial charge in [-0.05, 0) is 48.8 Å². The Morgan fingerprint density at radius 3 is 2.33 bits per heavy atom.